The molecule has 1 unspecified atom stereocenters. The molecule has 2 aromatic carbocycles. The Kier molecular flexibility index (Phi) is 4.86. The minimum absolute atomic E-state index is 0.337. The molecule has 0 aliphatic heterocycles. The Hall–Kier alpha value is -1.73. The smallest absolute Gasteiger partial charge is 0.101 e. The van der Waals surface area contributed by atoms with Gasteiger partial charge in [-0.3, -0.25) is 0 Å². The maximum Gasteiger partial charge on any atom is 0.101 e. The van der Waals surface area contributed by atoms with E-state index >= 15 is 0 Å². The van der Waals surface area contributed by atoms with Gasteiger partial charge in [-0.05, 0) is 35.9 Å². The molecule has 0 aromatic heterocycles. The van der Waals surface area contributed by atoms with Gasteiger partial charge in [0.15, 0.2) is 0 Å². The van der Waals surface area contributed by atoms with E-state index in [0.717, 1.165) is 11.3 Å². The molecule has 0 spiro atoms. The molecule has 0 amide bonds. The molecule has 0 saturated carbocycles. The maximum absolute atomic E-state index is 10.1. The van der Waals surface area contributed by atoms with Gasteiger partial charge >= 0.3 is 0 Å². The van der Waals surface area contributed by atoms with E-state index in [-0.39, 0.29) is 0 Å². The van der Waals surface area contributed by atoms with E-state index in [9.17, 15) is 5.11 Å². The van der Waals surface area contributed by atoms with Crippen molar-refractivity contribution in [3.63, 3.8) is 0 Å². The quantitative estimate of drug-likeness (QED) is 0.897. The van der Waals surface area contributed by atoms with Gasteiger partial charge in [0.1, 0.15) is 6.07 Å². The zero-order chi connectivity index (χ0) is 14.5. The fraction of sp³-hybridized carbons (Fsp3) is 0.133. The van der Waals surface area contributed by atoms with Crippen molar-refractivity contribution in [1.82, 2.24) is 0 Å². The lowest BCUT2D eigenvalue weighted by atomic mass is 10.1. The van der Waals surface area contributed by atoms with Gasteiger partial charge in [-0.15, -0.1) is 0 Å². The van der Waals surface area contributed by atoms with Crippen LogP contribution in [0, 0.1) is 11.3 Å². The van der Waals surface area contributed by atoms with Crippen molar-refractivity contribution in [2.75, 3.05) is 11.9 Å². The van der Waals surface area contributed by atoms with Crippen LogP contribution in [-0.2, 0) is 0 Å². The van der Waals surface area contributed by atoms with Crippen LogP contribution in [0.3, 0.4) is 0 Å². The fourth-order valence-corrected chi connectivity index (χ4v) is 2.08. The van der Waals surface area contributed by atoms with Gasteiger partial charge in [0.25, 0.3) is 0 Å². The summed E-state index contributed by atoms with van der Waals surface area (Å²) in [5.41, 5.74) is 1.96. The van der Waals surface area contributed by atoms with Gasteiger partial charge in [-0.1, -0.05) is 35.3 Å². The topological polar surface area (TPSA) is 56.0 Å². The summed E-state index contributed by atoms with van der Waals surface area (Å²) >= 11 is 11.7. The molecule has 0 saturated heterocycles. The number of nitrogens with zero attached hydrogens (tertiary/aromatic N) is 1. The van der Waals surface area contributed by atoms with E-state index in [4.69, 9.17) is 28.5 Å². The van der Waals surface area contributed by atoms with Crippen LogP contribution in [0.25, 0.3) is 0 Å². The van der Waals surface area contributed by atoms with Crippen LogP contribution >= 0.6 is 23.2 Å². The van der Waals surface area contributed by atoms with Crippen molar-refractivity contribution < 1.29 is 5.11 Å². The van der Waals surface area contributed by atoms with Crippen LogP contribution in [0.15, 0.2) is 42.5 Å². The highest BCUT2D eigenvalue weighted by atomic mass is 35.5. The molecule has 102 valence electrons. The van der Waals surface area contributed by atoms with Crippen LogP contribution in [0.1, 0.15) is 17.2 Å². The lowest BCUT2D eigenvalue weighted by Gasteiger charge is -2.13. The number of aliphatic hydroxyl groups excluding tert-OH is 1. The SMILES string of the molecule is N#Cc1ccc(NCC(O)c2ccc(Cl)cc2)cc1Cl. The lowest BCUT2D eigenvalue weighted by Crippen LogP contribution is -2.12. The monoisotopic (exact) mass is 306 g/mol. The highest BCUT2D eigenvalue weighted by Gasteiger charge is 2.08. The Morgan fingerprint density at radius 2 is 1.85 bits per heavy atom. The van der Waals surface area contributed by atoms with E-state index in [0.29, 0.717) is 22.2 Å². The average Bonchev–Trinajstić information content (AvgIpc) is 2.45. The number of benzene rings is 2. The van der Waals surface area contributed by atoms with Crippen LogP contribution in [0.4, 0.5) is 5.69 Å². The predicted octanol–water partition coefficient (Wildman–Crippen LogP) is 4.01. The van der Waals surface area contributed by atoms with Crippen LogP contribution < -0.4 is 5.32 Å². The number of hydrogen-bond donors (Lipinski definition) is 2. The molecule has 2 rings (SSSR count). The second-order valence-electron chi connectivity index (χ2n) is 4.25. The van der Waals surface area contributed by atoms with Gasteiger partial charge < -0.3 is 10.4 Å². The molecule has 0 fully saturated rings. The van der Waals surface area contributed by atoms with Crippen molar-refractivity contribution in [2.45, 2.75) is 6.10 Å². The minimum Gasteiger partial charge on any atom is -0.387 e. The largest absolute Gasteiger partial charge is 0.387 e. The van der Waals surface area contributed by atoms with Gasteiger partial charge in [0, 0.05) is 17.3 Å². The van der Waals surface area contributed by atoms with E-state index < -0.39 is 6.10 Å². The molecule has 5 heteroatoms. The number of anilines is 1. The summed E-state index contributed by atoms with van der Waals surface area (Å²) in [6.07, 6.45) is -0.651. The predicted molar refractivity (Wildman–Crippen MR) is 81.1 cm³/mol. The number of aliphatic hydroxyl groups is 1. The molecule has 1 atom stereocenters. The fourth-order valence-electron chi connectivity index (χ4n) is 1.73. The first kappa shape index (κ1) is 14.7. The number of nitrogens with one attached hydrogen (secondary N) is 1. The van der Waals surface area contributed by atoms with E-state index in [1.807, 2.05) is 6.07 Å². The molecular weight excluding hydrogens is 295 g/mol. The summed E-state index contributed by atoms with van der Waals surface area (Å²) in [5, 5.41) is 22.9. The summed E-state index contributed by atoms with van der Waals surface area (Å²) in [6, 6.07) is 14.1. The van der Waals surface area contributed by atoms with Crippen LogP contribution in [0.5, 0.6) is 0 Å². The Labute approximate surface area is 127 Å². The third-order valence-corrected chi connectivity index (χ3v) is 3.41. The maximum atomic E-state index is 10.1. The summed E-state index contributed by atoms with van der Waals surface area (Å²) in [5.74, 6) is 0. The molecule has 2 aromatic rings. The molecule has 2 N–H and O–H groups in total. The normalized spacial score (nSPS) is 11.7. The summed E-state index contributed by atoms with van der Waals surface area (Å²) < 4.78 is 0. The Balaban J connectivity index is 2.00. The molecule has 3 nitrogen and oxygen atoms in total. The van der Waals surface area contributed by atoms with Crippen LogP contribution in [-0.4, -0.2) is 11.7 Å². The molecule has 0 bridgehead atoms. The molecule has 0 aliphatic rings. The Bertz CT molecular complexity index is 635. The number of rotatable bonds is 4. The highest BCUT2D eigenvalue weighted by Crippen LogP contribution is 2.22. The lowest BCUT2D eigenvalue weighted by molar-refractivity contribution is 0.191. The Morgan fingerprint density at radius 3 is 2.45 bits per heavy atom. The molecular formula is C15H12Cl2N2O. The van der Waals surface area contributed by atoms with Gasteiger partial charge in [0.05, 0.1) is 16.7 Å². The summed E-state index contributed by atoms with van der Waals surface area (Å²) in [6.45, 7) is 0.337. The van der Waals surface area contributed by atoms with Crippen molar-refractivity contribution in [3.8, 4) is 6.07 Å². The van der Waals surface area contributed by atoms with E-state index in [1.54, 1.807) is 42.5 Å². The molecule has 0 aliphatic carbocycles. The van der Waals surface area contributed by atoms with E-state index in [2.05, 4.69) is 5.32 Å². The van der Waals surface area contributed by atoms with Crippen molar-refractivity contribution in [3.05, 3.63) is 63.6 Å². The second kappa shape index (κ2) is 6.62. The molecule has 0 radical (unpaired) electrons. The first-order chi connectivity index (χ1) is 9.60. The van der Waals surface area contributed by atoms with Gasteiger partial charge in [-0.2, -0.15) is 5.26 Å². The first-order valence-corrected chi connectivity index (χ1v) is 6.73. The van der Waals surface area contributed by atoms with Gasteiger partial charge in [0.2, 0.25) is 0 Å². The number of nitriles is 1. The zero-order valence-electron chi connectivity index (χ0n) is 10.5. The third kappa shape index (κ3) is 3.64. The summed E-state index contributed by atoms with van der Waals surface area (Å²) in [7, 11) is 0. The van der Waals surface area contributed by atoms with Crippen molar-refractivity contribution in [1.29, 1.82) is 5.26 Å². The van der Waals surface area contributed by atoms with Crippen molar-refractivity contribution in [2.24, 2.45) is 0 Å². The van der Waals surface area contributed by atoms with E-state index in [1.165, 1.54) is 0 Å². The molecule has 20 heavy (non-hydrogen) atoms. The highest BCUT2D eigenvalue weighted by molar-refractivity contribution is 6.32. The first-order valence-electron chi connectivity index (χ1n) is 5.97. The standard InChI is InChI=1S/C15H12Cl2N2O/c16-12-4-1-10(2-5-12)15(20)9-19-13-6-3-11(8-18)14(17)7-13/h1-7,15,19-20H,9H2. The minimum atomic E-state index is -0.651. The van der Waals surface area contributed by atoms with Crippen LogP contribution in [0.2, 0.25) is 10.0 Å². The molecule has 0 heterocycles. The number of halogens is 2. The average molecular weight is 307 g/mol. The second-order valence-corrected chi connectivity index (χ2v) is 5.10. The zero-order valence-corrected chi connectivity index (χ0v) is 12.0. The van der Waals surface area contributed by atoms with Crippen molar-refractivity contribution >= 4 is 28.9 Å². The van der Waals surface area contributed by atoms with Gasteiger partial charge in [-0.25, -0.2) is 0 Å². The third-order valence-electron chi connectivity index (χ3n) is 2.84. The summed E-state index contributed by atoms with van der Waals surface area (Å²) in [4.78, 5) is 0. The Morgan fingerprint density at radius 1 is 1.15 bits per heavy atom. The number of hydrogen-bond acceptors (Lipinski definition) is 3.